The van der Waals surface area contributed by atoms with Crippen LogP contribution >= 0.6 is 11.8 Å². The fourth-order valence-electron chi connectivity index (χ4n) is 0.246. The summed E-state index contributed by atoms with van der Waals surface area (Å²) in [6.07, 6.45) is 4.81. The van der Waals surface area contributed by atoms with Crippen molar-refractivity contribution < 1.29 is 0 Å². The second-order valence-electron chi connectivity index (χ2n) is 1.32. The van der Waals surface area contributed by atoms with Crippen LogP contribution < -0.4 is 0 Å². The molecule has 0 aromatic carbocycles. The van der Waals surface area contributed by atoms with Crippen LogP contribution in [0.2, 0.25) is 0 Å². The molecule has 0 spiro atoms. The highest BCUT2D eigenvalue weighted by molar-refractivity contribution is 8.02. The van der Waals surface area contributed by atoms with Gasteiger partial charge in [0.2, 0.25) is 0 Å². The van der Waals surface area contributed by atoms with Gasteiger partial charge in [-0.2, -0.15) is 0 Å². The fraction of sp³-hybridized carbons (Fsp3) is 0.500. The van der Waals surface area contributed by atoms with E-state index in [9.17, 15) is 0 Å². The highest BCUT2D eigenvalue weighted by Gasteiger charge is 1.78. The first-order valence-corrected chi connectivity index (χ1v) is 3.79. The molecule has 1 nitrogen and oxygen atoms in total. The van der Waals surface area contributed by atoms with Crippen LogP contribution in [0.1, 0.15) is 13.3 Å². The van der Waals surface area contributed by atoms with E-state index in [0.29, 0.717) is 0 Å². The van der Waals surface area contributed by atoms with Gasteiger partial charge in [0.05, 0.1) is 5.03 Å². The zero-order valence-electron chi connectivity index (χ0n) is 5.35. The van der Waals surface area contributed by atoms with Crippen LogP contribution in [0.25, 0.3) is 0 Å². The van der Waals surface area contributed by atoms with Gasteiger partial charge in [-0.15, -0.1) is 11.8 Å². The molecular formula is C6H11NS. The first-order valence-electron chi connectivity index (χ1n) is 2.56. The lowest BCUT2D eigenvalue weighted by atomic mass is 10.5. The molecule has 0 heterocycles. The lowest BCUT2D eigenvalue weighted by molar-refractivity contribution is 1.31. The van der Waals surface area contributed by atoms with Crippen molar-refractivity contribution in [2.24, 2.45) is 4.99 Å². The fourth-order valence-corrected chi connectivity index (χ4v) is 0.426. The van der Waals surface area contributed by atoms with Crippen molar-refractivity contribution in [3.63, 3.8) is 0 Å². The summed E-state index contributed by atoms with van der Waals surface area (Å²) in [5, 5.41) is 0.881. The molecular weight excluding hydrogens is 118 g/mol. The van der Waals surface area contributed by atoms with E-state index in [1.807, 2.05) is 12.5 Å². The van der Waals surface area contributed by atoms with Gasteiger partial charge in [0.1, 0.15) is 0 Å². The Bertz CT molecular complexity index is 96.7. The Morgan fingerprint density at radius 2 is 2.50 bits per heavy atom. The van der Waals surface area contributed by atoms with E-state index < -0.39 is 0 Å². The quantitative estimate of drug-likeness (QED) is 0.533. The molecule has 0 N–H and O–H groups in total. The topological polar surface area (TPSA) is 12.4 Å². The van der Waals surface area contributed by atoms with Gasteiger partial charge in [-0.3, -0.25) is 4.99 Å². The van der Waals surface area contributed by atoms with E-state index in [0.717, 1.165) is 11.4 Å². The number of hydrogen-bond acceptors (Lipinski definition) is 2. The number of thioether (sulfide) groups is 1. The second-order valence-corrected chi connectivity index (χ2v) is 2.20. The minimum atomic E-state index is 0.881. The monoisotopic (exact) mass is 129 g/mol. The van der Waals surface area contributed by atoms with Gasteiger partial charge in [0.15, 0.2) is 0 Å². The highest BCUT2D eigenvalue weighted by Crippen LogP contribution is 2.07. The first-order chi connectivity index (χ1) is 3.81. The highest BCUT2D eigenvalue weighted by atomic mass is 32.2. The van der Waals surface area contributed by atoms with Crippen molar-refractivity contribution in [1.82, 2.24) is 0 Å². The average molecular weight is 129 g/mol. The molecule has 0 aromatic heterocycles. The lowest BCUT2D eigenvalue weighted by Gasteiger charge is -1.87. The van der Waals surface area contributed by atoms with E-state index in [-0.39, 0.29) is 0 Å². The van der Waals surface area contributed by atoms with Gasteiger partial charge in [-0.1, -0.05) is 13.5 Å². The SMILES string of the molecule is C=C(N=CCC)SC. The molecule has 46 valence electrons. The summed E-state index contributed by atoms with van der Waals surface area (Å²) >= 11 is 1.57. The van der Waals surface area contributed by atoms with Crippen LogP contribution in [0.3, 0.4) is 0 Å². The smallest absolute Gasteiger partial charge is 0.0881 e. The molecule has 0 bridgehead atoms. The van der Waals surface area contributed by atoms with Crippen molar-refractivity contribution in [2.75, 3.05) is 6.26 Å². The van der Waals surface area contributed by atoms with Crippen molar-refractivity contribution >= 4 is 18.0 Å². The van der Waals surface area contributed by atoms with Crippen LogP contribution in [-0.4, -0.2) is 12.5 Å². The Morgan fingerprint density at radius 1 is 1.88 bits per heavy atom. The molecule has 8 heavy (non-hydrogen) atoms. The van der Waals surface area contributed by atoms with Gasteiger partial charge < -0.3 is 0 Å². The summed E-state index contributed by atoms with van der Waals surface area (Å²) in [4.78, 5) is 4.00. The Morgan fingerprint density at radius 3 is 2.88 bits per heavy atom. The Labute approximate surface area is 54.9 Å². The van der Waals surface area contributed by atoms with Crippen molar-refractivity contribution in [3.05, 3.63) is 11.6 Å². The summed E-state index contributed by atoms with van der Waals surface area (Å²) in [5.74, 6) is 0. The molecule has 0 saturated heterocycles. The van der Waals surface area contributed by atoms with Gasteiger partial charge in [-0.25, -0.2) is 0 Å². The van der Waals surface area contributed by atoms with E-state index in [2.05, 4.69) is 18.5 Å². The van der Waals surface area contributed by atoms with Gasteiger partial charge >= 0.3 is 0 Å². The Hall–Kier alpha value is -0.240. The van der Waals surface area contributed by atoms with Gasteiger partial charge in [-0.05, 0) is 12.7 Å². The molecule has 0 amide bonds. The predicted molar refractivity (Wildman–Crippen MR) is 41.4 cm³/mol. The van der Waals surface area contributed by atoms with Crippen LogP contribution in [-0.2, 0) is 0 Å². The molecule has 0 fully saturated rings. The third-order valence-electron chi connectivity index (χ3n) is 0.653. The number of hydrogen-bond donors (Lipinski definition) is 0. The number of aliphatic imine (C=N–C) groups is 1. The largest absolute Gasteiger partial charge is 0.255 e. The van der Waals surface area contributed by atoms with Crippen LogP contribution in [0.15, 0.2) is 16.6 Å². The normalized spacial score (nSPS) is 10.2. The number of rotatable bonds is 3. The molecule has 0 aliphatic rings. The molecule has 0 radical (unpaired) electrons. The molecule has 0 aliphatic carbocycles. The summed E-state index contributed by atoms with van der Waals surface area (Å²) in [5.41, 5.74) is 0. The Balaban J connectivity index is 3.37. The summed E-state index contributed by atoms with van der Waals surface area (Å²) in [6, 6.07) is 0. The molecule has 0 aliphatic heterocycles. The minimum Gasteiger partial charge on any atom is -0.255 e. The first kappa shape index (κ1) is 7.76. The maximum Gasteiger partial charge on any atom is 0.0881 e. The van der Waals surface area contributed by atoms with E-state index in [1.165, 1.54) is 0 Å². The summed E-state index contributed by atoms with van der Waals surface area (Å²) < 4.78 is 0. The molecule has 0 atom stereocenters. The third-order valence-corrected chi connectivity index (χ3v) is 1.23. The van der Waals surface area contributed by atoms with Crippen LogP contribution in [0.4, 0.5) is 0 Å². The maximum atomic E-state index is 4.00. The standard InChI is InChI=1S/C6H11NS/c1-4-5-7-6(2)8-3/h5H,2,4H2,1,3H3. The summed E-state index contributed by atoms with van der Waals surface area (Å²) in [7, 11) is 0. The molecule has 2 heteroatoms. The average Bonchev–Trinajstić information content (AvgIpc) is 1.83. The van der Waals surface area contributed by atoms with E-state index in [1.54, 1.807) is 11.8 Å². The van der Waals surface area contributed by atoms with Gasteiger partial charge in [0, 0.05) is 6.21 Å². The molecule has 0 saturated carbocycles. The zero-order valence-corrected chi connectivity index (χ0v) is 6.16. The predicted octanol–water partition coefficient (Wildman–Crippen LogP) is 2.30. The van der Waals surface area contributed by atoms with Crippen molar-refractivity contribution in [3.8, 4) is 0 Å². The van der Waals surface area contributed by atoms with E-state index >= 15 is 0 Å². The molecule has 0 aromatic rings. The summed E-state index contributed by atoms with van der Waals surface area (Å²) in [6.45, 7) is 5.73. The van der Waals surface area contributed by atoms with Crippen LogP contribution in [0, 0.1) is 0 Å². The second kappa shape index (κ2) is 4.91. The zero-order chi connectivity index (χ0) is 6.41. The Kier molecular flexibility index (Phi) is 4.76. The third kappa shape index (κ3) is 3.93. The van der Waals surface area contributed by atoms with Gasteiger partial charge in [0.25, 0.3) is 0 Å². The van der Waals surface area contributed by atoms with E-state index in [4.69, 9.17) is 0 Å². The number of nitrogens with zero attached hydrogens (tertiary/aromatic N) is 1. The van der Waals surface area contributed by atoms with Crippen molar-refractivity contribution in [2.45, 2.75) is 13.3 Å². The maximum absolute atomic E-state index is 4.00. The minimum absolute atomic E-state index is 0.881. The molecule has 0 rings (SSSR count). The lowest BCUT2D eigenvalue weighted by Crippen LogP contribution is -1.68. The van der Waals surface area contributed by atoms with Crippen LogP contribution in [0.5, 0.6) is 0 Å². The van der Waals surface area contributed by atoms with Crippen molar-refractivity contribution in [1.29, 1.82) is 0 Å². The molecule has 0 unspecified atom stereocenters.